The molecule has 1 N–H and O–H groups in total. The minimum atomic E-state index is 0.169. The van der Waals surface area contributed by atoms with Gasteiger partial charge in [0.2, 0.25) is 0 Å². The number of rotatable bonds is 3. The molecule has 0 saturated carbocycles. The Labute approximate surface area is 84.3 Å². The Morgan fingerprint density at radius 1 is 1.71 bits per heavy atom. The van der Waals surface area contributed by atoms with Gasteiger partial charge in [-0.05, 0) is 20.4 Å². The first-order valence-corrected chi connectivity index (χ1v) is 5.15. The topological polar surface area (TPSA) is 39.1 Å². The lowest BCUT2D eigenvalue weighted by Crippen LogP contribution is -2.24. The van der Waals surface area contributed by atoms with E-state index in [1.807, 2.05) is 19.4 Å². The van der Waals surface area contributed by atoms with Crippen molar-refractivity contribution in [1.29, 1.82) is 0 Å². The molecule has 4 nitrogen and oxygen atoms in total. The van der Waals surface area contributed by atoms with Gasteiger partial charge < -0.3 is 14.6 Å². The smallest absolute Gasteiger partial charge is 0.137 e. The molecule has 1 aromatic rings. The Kier molecular flexibility index (Phi) is 2.84. The van der Waals surface area contributed by atoms with Crippen molar-refractivity contribution in [3.63, 3.8) is 0 Å². The van der Waals surface area contributed by atoms with Crippen LogP contribution in [0.2, 0.25) is 0 Å². The minimum absolute atomic E-state index is 0.169. The Hall–Kier alpha value is -0.870. The van der Waals surface area contributed by atoms with Crippen molar-refractivity contribution >= 4 is 0 Å². The molecule has 1 aliphatic heterocycles. The Morgan fingerprint density at radius 3 is 3.21 bits per heavy atom. The molecule has 1 aliphatic rings. The van der Waals surface area contributed by atoms with Gasteiger partial charge in [-0.25, -0.2) is 4.98 Å². The molecule has 78 valence electrons. The molecule has 0 radical (unpaired) electrons. The summed E-state index contributed by atoms with van der Waals surface area (Å²) in [5, 5.41) is 3.23. The van der Waals surface area contributed by atoms with Crippen LogP contribution in [0.15, 0.2) is 12.4 Å². The zero-order valence-corrected chi connectivity index (χ0v) is 8.73. The van der Waals surface area contributed by atoms with E-state index in [1.54, 1.807) is 0 Å². The second-order valence-corrected chi connectivity index (χ2v) is 3.61. The van der Waals surface area contributed by atoms with E-state index in [0.717, 1.165) is 25.4 Å². The first kappa shape index (κ1) is 9.68. The molecule has 2 rings (SSSR count). The molecule has 1 fully saturated rings. The molecule has 2 atom stereocenters. The predicted octanol–water partition coefficient (Wildman–Crippen LogP) is 0.952. The lowest BCUT2D eigenvalue weighted by atomic mass is 10.2. The van der Waals surface area contributed by atoms with E-state index in [9.17, 15) is 0 Å². The number of imidazole rings is 1. The summed E-state index contributed by atoms with van der Waals surface area (Å²) in [5.74, 6) is 1.06. The van der Waals surface area contributed by atoms with Crippen LogP contribution in [-0.4, -0.2) is 29.2 Å². The van der Waals surface area contributed by atoms with Crippen LogP contribution in [0.1, 0.15) is 25.3 Å². The van der Waals surface area contributed by atoms with Crippen molar-refractivity contribution in [3.8, 4) is 0 Å². The van der Waals surface area contributed by atoms with Gasteiger partial charge in [0, 0.05) is 25.0 Å². The number of aryl methyl sites for hydroxylation is 1. The third-order valence-electron chi connectivity index (χ3n) is 2.78. The lowest BCUT2D eigenvalue weighted by Gasteiger charge is -2.10. The summed E-state index contributed by atoms with van der Waals surface area (Å²) in [6.45, 7) is 3.87. The minimum Gasteiger partial charge on any atom is -0.369 e. The van der Waals surface area contributed by atoms with Crippen LogP contribution in [0.5, 0.6) is 0 Å². The first-order valence-electron chi connectivity index (χ1n) is 5.15. The summed E-state index contributed by atoms with van der Waals surface area (Å²) in [4.78, 5) is 4.35. The normalized spacial score (nSPS) is 27.0. The summed E-state index contributed by atoms with van der Waals surface area (Å²) in [6, 6.07) is 0.474. The zero-order valence-electron chi connectivity index (χ0n) is 8.73. The molecular formula is C10H17N3O. The van der Waals surface area contributed by atoms with Crippen LogP contribution in [0, 0.1) is 0 Å². The van der Waals surface area contributed by atoms with Crippen molar-refractivity contribution < 1.29 is 4.74 Å². The van der Waals surface area contributed by atoms with E-state index >= 15 is 0 Å². The highest BCUT2D eigenvalue weighted by molar-refractivity contribution is 5.00. The van der Waals surface area contributed by atoms with Crippen LogP contribution in [0.25, 0.3) is 0 Å². The standard InChI is InChI=1S/C10H17N3O/c1-3-13-5-4-12-10(13)9-6-8(11-2)7-14-9/h4-5,8-9,11H,3,6-7H2,1-2H3. The Bertz CT molecular complexity index is 297. The summed E-state index contributed by atoms with van der Waals surface area (Å²) in [6.07, 6.45) is 5.04. The van der Waals surface area contributed by atoms with E-state index in [2.05, 4.69) is 21.8 Å². The summed E-state index contributed by atoms with van der Waals surface area (Å²) in [7, 11) is 1.97. The number of ether oxygens (including phenoxy) is 1. The van der Waals surface area contributed by atoms with Gasteiger partial charge in [0.1, 0.15) is 11.9 Å². The number of hydrogen-bond donors (Lipinski definition) is 1. The molecule has 1 aromatic heterocycles. The molecule has 4 heteroatoms. The first-order chi connectivity index (χ1) is 6.85. The average Bonchev–Trinajstić information content (AvgIpc) is 2.85. The predicted molar refractivity (Wildman–Crippen MR) is 54.1 cm³/mol. The highest BCUT2D eigenvalue weighted by Crippen LogP contribution is 2.27. The molecule has 0 bridgehead atoms. The van der Waals surface area contributed by atoms with Gasteiger partial charge in [-0.1, -0.05) is 0 Å². The maximum atomic E-state index is 5.70. The van der Waals surface area contributed by atoms with Gasteiger partial charge in [0.15, 0.2) is 0 Å². The average molecular weight is 195 g/mol. The second kappa shape index (κ2) is 4.11. The number of nitrogens with one attached hydrogen (secondary N) is 1. The van der Waals surface area contributed by atoms with E-state index < -0.39 is 0 Å². The highest BCUT2D eigenvalue weighted by atomic mass is 16.5. The van der Waals surface area contributed by atoms with Crippen LogP contribution < -0.4 is 5.32 Å². The molecule has 2 heterocycles. The molecule has 0 amide bonds. The largest absolute Gasteiger partial charge is 0.369 e. The van der Waals surface area contributed by atoms with Gasteiger partial charge in [-0.3, -0.25) is 0 Å². The van der Waals surface area contributed by atoms with Crippen molar-refractivity contribution in [2.75, 3.05) is 13.7 Å². The van der Waals surface area contributed by atoms with Crippen LogP contribution >= 0.6 is 0 Å². The molecule has 0 aromatic carbocycles. The van der Waals surface area contributed by atoms with Crippen LogP contribution in [-0.2, 0) is 11.3 Å². The molecule has 0 aliphatic carbocycles. The van der Waals surface area contributed by atoms with Crippen LogP contribution in [0.4, 0.5) is 0 Å². The fraction of sp³-hybridized carbons (Fsp3) is 0.700. The molecular weight excluding hydrogens is 178 g/mol. The number of likely N-dealkylation sites (N-methyl/N-ethyl adjacent to an activating group) is 1. The van der Waals surface area contributed by atoms with E-state index in [1.165, 1.54) is 0 Å². The monoisotopic (exact) mass is 195 g/mol. The van der Waals surface area contributed by atoms with Crippen molar-refractivity contribution in [2.24, 2.45) is 0 Å². The summed E-state index contributed by atoms with van der Waals surface area (Å²) < 4.78 is 7.84. The maximum Gasteiger partial charge on any atom is 0.137 e. The molecule has 2 unspecified atom stereocenters. The van der Waals surface area contributed by atoms with Crippen LogP contribution in [0.3, 0.4) is 0 Å². The number of aromatic nitrogens is 2. The molecule has 1 saturated heterocycles. The van der Waals surface area contributed by atoms with Gasteiger partial charge in [0.05, 0.1) is 6.61 Å². The van der Waals surface area contributed by atoms with Gasteiger partial charge in [0.25, 0.3) is 0 Å². The Morgan fingerprint density at radius 2 is 2.57 bits per heavy atom. The van der Waals surface area contributed by atoms with Gasteiger partial charge >= 0.3 is 0 Å². The van der Waals surface area contributed by atoms with Crippen molar-refractivity contribution in [3.05, 3.63) is 18.2 Å². The zero-order chi connectivity index (χ0) is 9.97. The number of hydrogen-bond acceptors (Lipinski definition) is 3. The maximum absolute atomic E-state index is 5.70. The summed E-state index contributed by atoms with van der Waals surface area (Å²) >= 11 is 0. The molecule has 0 spiro atoms. The fourth-order valence-electron chi connectivity index (χ4n) is 1.88. The second-order valence-electron chi connectivity index (χ2n) is 3.61. The van der Waals surface area contributed by atoms with E-state index in [-0.39, 0.29) is 6.10 Å². The van der Waals surface area contributed by atoms with E-state index in [0.29, 0.717) is 6.04 Å². The van der Waals surface area contributed by atoms with Crippen molar-refractivity contribution in [1.82, 2.24) is 14.9 Å². The Balaban J connectivity index is 2.09. The SMILES string of the molecule is CCn1ccnc1C1CC(NC)CO1. The van der Waals surface area contributed by atoms with E-state index in [4.69, 9.17) is 4.74 Å². The number of nitrogens with zero attached hydrogens (tertiary/aromatic N) is 2. The van der Waals surface area contributed by atoms with Crippen molar-refractivity contribution in [2.45, 2.75) is 32.0 Å². The highest BCUT2D eigenvalue weighted by Gasteiger charge is 2.28. The third kappa shape index (κ3) is 1.67. The fourth-order valence-corrected chi connectivity index (χ4v) is 1.88. The lowest BCUT2D eigenvalue weighted by molar-refractivity contribution is 0.0998. The molecule has 14 heavy (non-hydrogen) atoms. The van der Waals surface area contributed by atoms with Gasteiger partial charge in [-0.15, -0.1) is 0 Å². The third-order valence-corrected chi connectivity index (χ3v) is 2.78. The quantitative estimate of drug-likeness (QED) is 0.780. The summed E-state index contributed by atoms with van der Waals surface area (Å²) in [5.41, 5.74) is 0. The van der Waals surface area contributed by atoms with Gasteiger partial charge in [-0.2, -0.15) is 0 Å².